The predicted molar refractivity (Wildman–Crippen MR) is 73.4 cm³/mol. The van der Waals surface area contributed by atoms with Crippen LogP contribution in [0.1, 0.15) is 6.42 Å². The first-order chi connectivity index (χ1) is 9.26. The van der Waals surface area contributed by atoms with Crippen LogP contribution in [0.25, 0.3) is 0 Å². The van der Waals surface area contributed by atoms with E-state index in [4.69, 9.17) is 15.9 Å². The third-order valence-corrected chi connectivity index (χ3v) is 2.76. The summed E-state index contributed by atoms with van der Waals surface area (Å²) < 4.78 is 10.9. The number of hydrogen-bond donors (Lipinski definition) is 0. The molecule has 0 unspecified atom stereocenters. The van der Waals surface area contributed by atoms with E-state index in [9.17, 15) is 4.79 Å². The van der Waals surface area contributed by atoms with Crippen LogP contribution in [0.15, 0.2) is 30.9 Å². The minimum atomic E-state index is -0.188. The van der Waals surface area contributed by atoms with Crippen LogP contribution in [0.4, 0.5) is 5.69 Å². The van der Waals surface area contributed by atoms with Crippen LogP contribution in [0.3, 0.4) is 0 Å². The third-order valence-electron chi connectivity index (χ3n) is 2.76. The van der Waals surface area contributed by atoms with Crippen molar-refractivity contribution in [3.05, 3.63) is 30.9 Å². The highest BCUT2D eigenvalue weighted by Gasteiger charge is 2.17. The molecule has 1 heterocycles. The van der Waals surface area contributed by atoms with Crippen LogP contribution in [0.5, 0.6) is 11.5 Å². The Labute approximate surface area is 112 Å². The van der Waals surface area contributed by atoms with E-state index in [1.165, 1.54) is 6.08 Å². The Morgan fingerprint density at radius 2 is 2.16 bits per heavy atom. The number of benzene rings is 1. The molecule has 1 amide bonds. The number of anilines is 1. The van der Waals surface area contributed by atoms with Gasteiger partial charge in [-0.15, -0.1) is 12.3 Å². The van der Waals surface area contributed by atoms with E-state index in [1.807, 2.05) is 6.07 Å². The molecular formula is C15H15NO3. The Bertz CT molecular complexity index is 531. The van der Waals surface area contributed by atoms with Crippen molar-refractivity contribution in [2.75, 3.05) is 24.7 Å². The number of rotatable bonds is 4. The van der Waals surface area contributed by atoms with Gasteiger partial charge in [-0.25, -0.2) is 0 Å². The lowest BCUT2D eigenvalue weighted by atomic mass is 10.2. The SMILES string of the molecule is C#CCCN(C(=O)C=C)c1ccc2c(c1)OCCO2. The summed E-state index contributed by atoms with van der Waals surface area (Å²) in [4.78, 5) is 13.4. The Hall–Kier alpha value is -2.41. The van der Waals surface area contributed by atoms with Gasteiger partial charge >= 0.3 is 0 Å². The number of carbonyl (C=O) groups excluding carboxylic acids is 1. The first-order valence-electron chi connectivity index (χ1n) is 6.03. The van der Waals surface area contributed by atoms with E-state index in [2.05, 4.69) is 12.5 Å². The van der Waals surface area contributed by atoms with Gasteiger partial charge in [0.25, 0.3) is 0 Å². The lowest BCUT2D eigenvalue weighted by molar-refractivity contribution is -0.114. The minimum absolute atomic E-state index is 0.188. The van der Waals surface area contributed by atoms with Crippen LogP contribution in [0, 0.1) is 12.3 Å². The number of amides is 1. The molecule has 19 heavy (non-hydrogen) atoms. The second-order valence-electron chi connectivity index (χ2n) is 3.98. The number of nitrogens with zero attached hydrogens (tertiary/aromatic N) is 1. The van der Waals surface area contributed by atoms with Crippen LogP contribution < -0.4 is 14.4 Å². The molecule has 1 aromatic rings. The second kappa shape index (κ2) is 5.96. The standard InChI is InChI=1S/C15H15NO3/c1-3-5-8-16(15(17)4-2)12-6-7-13-14(11-12)19-10-9-18-13/h1,4,6-7,11H,2,5,8-10H2. The zero-order chi connectivity index (χ0) is 13.7. The molecule has 0 saturated heterocycles. The van der Waals surface area contributed by atoms with Crippen molar-refractivity contribution in [2.45, 2.75) is 6.42 Å². The minimum Gasteiger partial charge on any atom is -0.486 e. The van der Waals surface area contributed by atoms with E-state index in [0.717, 1.165) is 5.69 Å². The molecule has 0 N–H and O–H groups in total. The molecule has 0 atom stereocenters. The van der Waals surface area contributed by atoms with Gasteiger partial charge in [0, 0.05) is 24.7 Å². The highest BCUT2D eigenvalue weighted by atomic mass is 16.6. The summed E-state index contributed by atoms with van der Waals surface area (Å²) in [6, 6.07) is 5.39. The first-order valence-corrected chi connectivity index (χ1v) is 6.03. The Morgan fingerprint density at radius 1 is 1.42 bits per heavy atom. The summed E-state index contributed by atoms with van der Waals surface area (Å²) in [5.41, 5.74) is 0.726. The average molecular weight is 257 g/mol. The average Bonchev–Trinajstić information content (AvgIpc) is 2.47. The first kappa shape index (κ1) is 13.0. The molecule has 98 valence electrons. The highest BCUT2D eigenvalue weighted by Crippen LogP contribution is 2.34. The summed E-state index contributed by atoms with van der Waals surface area (Å²) in [5.74, 6) is 3.67. The molecule has 2 rings (SSSR count). The summed E-state index contributed by atoms with van der Waals surface area (Å²) >= 11 is 0. The van der Waals surface area contributed by atoms with Gasteiger partial charge in [0.05, 0.1) is 0 Å². The Balaban J connectivity index is 2.28. The summed E-state index contributed by atoms with van der Waals surface area (Å²) in [6.07, 6.45) is 7.00. The van der Waals surface area contributed by atoms with Gasteiger partial charge in [-0.2, -0.15) is 0 Å². The van der Waals surface area contributed by atoms with Crippen LogP contribution in [-0.2, 0) is 4.79 Å². The fourth-order valence-corrected chi connectivity index (χ4v) is 1.85. The molecule has 1 aliphatic heterocycles. The van der Waals surface area contributed by atoms with Crippen molar-refractivity contribution < 1.29 is 14.3 Å². The summed E-state index contributed by atoms with van der Waals surface area (Å²) in [6.45, 7) is 5.00. The van der Waals surface area contributed by atoms with Gasteiger partial charge in [0.2, 0.25) is 5.91 Å². The van der Waals surface area contributed by atoms with Crippen LogP contribution >= 0.6 is 0 Å². The lowest BCUT2D eigenvalue weighted by Crippen LogP contribution is -2.30. The maximum atomic E-state index is 11.9. The molecule has 1 aromatic carbocycles. The van der Waals surface area contributed by atoms with Crippen molar-refractivity contribution in [3.63, 3.8) is 0 Å². The second-order valence-corrected chi connectivity index (χ2v) is 3.98. The maximum Gasteiger partial charge on any atom is 0.250 e. The van der Waals surface area contributed by atoms with Crippen molar-refractivity contribution in [1.29, 1.82) is 0 Å². The van der Waals surface area contributed by atoms with E-state index in [0.29, 0.717) is 37.7 Å². The smallest absolute Gasteiger partial charge is 0.250 e. The van der Waals surface area contributed by atoms with E-state index >= 15 is 0 Å². The largest absolute Gasteiger partial charge is 0.486 e. The van der Waals surface area contributed by atoms with Gasteiger partial charge in [0.1, 0.15) is 13.2 Å². The molecule has 0 aromatic heterocycles. The van der Waals surface area contributed by atoms with Crippen LogP contribution in [-0.4, -0.2) is 25.7 Å². The number of terminal acetylenes is 1. The van der Waals surface area contributed by atoms with Gasteiger partial charge in [-0.3, -0.25) is 4.79 Å². The number of carbonyl (C=O) groups is 1. The number of hydrogen-bond acceptors (Lipinski definition) is 3. The molecule has 4 heteroatoms. The molecule has 1 aliphatic rings. The van der Waals surface area contributed by atoms with Crippen molar-refractivity contribution in [3.8, 4) is 23.8 Å². The normalized spacial score (nSPS) is 12.4. The van der Waals surface area contributed by atoms with Gasteiger partial charge in [-0.1, -0.05) is 6.58 Å². The topological polar surface area (TPSA) is 38.8 Å². The van der Waals surface area contributed by atoms with Crippen LogP contribution in [0.2, 0.25) is 0 Å². The van der Waals surface area contributed by atoms with Crippen molar-refractivity contribution in [2.24, 2.45) is 0 Å². The molecule has 4 nitrogen and oxygen atoms in total. The predicted octanol–water partition coefficient (Wildman–Crippen LogP) is 2.00. The Morgan fingerprint density at radius 3 is 2.84 bits per heavy atom. The zero-order valence-corrected chi connectivity index (χ0v) is 10.6. The number of fused-ring (bicyclic) bond motifs is 1. The fraction of sp³-hybridized carbons (Fsp3) is 0.267. The monoisotopic (exact) mass is 257 g/mol. The maximum absolute atomic E-state index is 11.9. The third kappa shape index (κ3) is 2.89. The van der Waals surface area contributed by atoms with Crippen molar-refractivity contribution in [1.82, 2.24) is 0 Å². The summed E-state index contributed by atoms with van der Waals surface area (Å²) in [5, 5.41) is 0. The summed E-state index contributed by atoms with van der Waals surface area (Å²) in [7, 11) is 0. The molecule has 0 radical (unpaired) electrons. The van der Waals surface area contributed by atoms with Gasteiger partial charge < -0.3 is 14.4 Å². The lowest BCUT2D eigenvalue weighted by Gasteiger charge is -2.24. The van der Waals surface area contributed by atoms with E-state index < -0.39 is 0 Å². The fourth-order valence-electron chi connectivity index (χ4n) is 1.85. The molecule has 0 aliphatic carbocycles. The molecule has 0 saturated carbocycles. The quantitative estimate of drug-likeness (QED) is 0.611. The van der Waals surface area contributed by atoms with Gasteiger partial charge in [0.15, 0.2) is 11.5 Å². The number of ether oxygens (including phenoxy) is 2. The molecule has 0 bridgehead atoms. The molecular weight excluding hydrogens is 242 g/mol. The van der Waals surface area contributed by atoms with E-state index in [-0.39, 0.29) is 5.91 Å². The molecule has 0 fully saturated rings. The highest BCUT2D eigenvalue weighted by molar-refractivity contribution is 6.01. The Kier molecular flexibility index (Phi) is 4.09. The van der Waals surface area contributed by atoms with E-state index in [1.54, 1.807) is 17.0 Å². The zero-order valence-electron chi connectivity index (χ0n) is 10.6. The van der Waals surface area contributed by atoms with Gasteiger partial charge in [-0.05, 0) is 18.2 Å². The molecule has 0 spiro atoms. The van der Waals surface area contributed by atoms with Crippen molar-refractivity contribution >= 4 is 11.6 Å².